The van der Waals surface area contributed by atoms with Crippen molar-refractivity contribution in [3.05, 3.63) is 36.0 Å². The van der Waals surface area contributed by atoms with Crippen molar-refractivity contribution < 1.29 is 4.79 Å². The second-order valence-electron chi connectivity index (χ2n) is 3.94. The predicted molar refractivity (Wildman–Crippen MR) is 69.9 cm³/mol. The van der Waals surface area contributed by atoms with E-state index in [2.05, 4.69) is 22.9 Å². The molecule has 0 amide bonds. The van der Waals surface area contributed by atoms with Gasteiger partial charge in [-0.1, -0.05) is 18.2 Å². The molecule has 84 valence electrons. The largest absolute Gasteiger partial charge is 0.350 e. The molecule has 1 aromatic heterocycles. The van der Waals surface area contributed by atoms with Gasteiger partial charge in [-0.05, 0) is 24.8 Å². The van der Waals surface area contributed by atoms with Gasteiger partial charge in [0, 0.05) is 24.1 Å². The van der Waals surface area contributed by atoms with Gasteiger partial charge in [-0.3, -0.25) is 4.79 Å². The molecule has 0 N–H and O–H groups in total. The van der Waals surface area contributed by atoms with Crippen molar-refractivity contribution in [2.75, 3.05) is 6.26 Å². The molecule has 2 nitrogen and oxygen atoms in total. The molecule has 0 bridgehead atoms. The fourth-order valence-corrected chi connectivity index (χ4v) is 2.87. The van der Waals surface area contributed by atoms with Crippen molar-refractivity contribution in [3.63, 3.8) is 0 Å². The Bertz CT molecular complexity index is 530. The molecule has 0 fully saturated rings. The van der Waals surface area contributed by atoms with Crippen LogP contribution in [0, 0.1) is 0 Å². The number of ketones is 1. The quantitative estimate of drug-likeness (QED) is 0.812. The van der Waals surface area contributed by atoms with Crippen molar-refractivity contribution in [2.45, 2.75) is 12.2 Å². The van der Waals surface area contributed by atoms with Crippen molar-refractivity contribution in [1.82, 2.24) is 4.57 Å². The number of carbonyl (C=O) groups is 1. The van der Waals surface area contributed by atoms with Crippen LogP contribution < -0.4 is 0 Å². The molecule has 2 rings (SSSR count). The smallest absolute Gasteiger partial charge is 0.147 e. The van der Waals surface area contributed by atoms with Crippen LogP contribution in [0.3, 0.4) is 0 Å². The van der Waals surface area contributed by atoms with E-state index in [-0.39, 0.29) is 11.0 Å². The third kappa shape index (κ3) is 1.76. The average Bonchev–Trinajstić information content (AvgIpc) is 2.58. The molecule has 0 saturated heterocycles. The first-order valence-corrected chi connectivity index (χ1v) is 6.51. The summed E-state index contributed by atoms with van der Waals surface area (Å²) >= 11 is 1.60. The molecular weight excluding hydrogens is 218 g/mol. The Morgan fingerprint density at radius 2 is 2.06 bits per heavy atom. The van der Waals surface area contributed by atoms with Gasteiger partial charge in [0.1, 0.15) is 5.78 Å². The van der Waals surface area contributed by atoms with Gasteiger partial charge < -0.3 is 4.57 Å². The first-order valence-electron chi connectivity index (χ1n) is 5.22. The highest BCUT2D eigenvalue weighted by molar-refractivity contribution is 7.99. The normalized spacial score (nSPS) is 12.9. The van der Waals surface area contributed by atoms with Crippen molar-refractivity contribution >= 4 is 28.4 Å². The summed E-state index contributed by atoms with van der Waals surface area (Å²) in [5.74, 6) is 0.212. The Hall–Kier alpha value is -1.22. The number of hydrogen-bond acceptors (Lipinski definition) is 2. The van der Waals surface area contributed by atoms with Crippen LogP contribution in [0.15, 0.2) is 30.5 Å². The lowest BCUT2D eigenvalue weighted by atomic mass is 10.1. The van der Waals surface area contributed by atoms with Gasteiger partial charge in [-0.2, -0.15) is 0 Å². The lowest BCUT2D eigenvalue weighted by Gasteiger charge is -2.09. The van der Waals surface area contributed by atoms with E-state index < -0.39 is 0 Å². The number of benzene rings is 1. The molecule has 1 atom stereocenters. The van der Waals surface area contributed by atoms with E-state index in [1.165, 1.54) is 10.9 Å². The highest BCUT2D eigenvalue weighted by Crippen LogP contribution is 2.33. The summed E-state index contributed by atoms with van der Waals surface area (Å²) in [6, 6.07) is 8.20. The summed E-state index contributed by atoms with van der Waals surface area (Å²) in [5.41, 5.74) is 2.30. The van der Waals surface area contributed by atoms with Gasteiger partial charge in [0.15, 0.2) is 0 Å². The lowest BCUT2D eigenvalue weighted by Crippen LogP contribution is -2.03. The Labute approximate surface area is 99.6 Å². The molecule has 1 unspecified atom stereocenters. The zero-order chi connectivity index (χ0) is 11.7. The minimum absolute atomic E-state index is 0.0499. The number of fused-ring (bicyclic) bond motifs is 1. The van der Waals surface area contributed by atoms with Gasteiger partial charge in [-0.25, -0.2) is 0 Å². The Morgan fingerprint density at radius 3 is 2.69 bits per heavy atom. The number of hydrogen-bond donors (Lipinski definition) is 0. The van der Waals surface area contributed by atoms with Crippen LogP contribution in [0.2, 0.25) is 0 Å². The summed E-state index contributed by atoms with van der Waals surface area (Å²) in [4.78, 5) is 11.6. The second-order valence-corrected chi connectivity index (χ2v) is 4.88. The van der Waals surface area contributed by atoms with Crippen LogP contribution in [0.1, 0.15) is 17.7 Å². The minimum Gasteiger partial charge on any atom is -0.350 e. The first kappa shape index (κ1) is 11.3. The predicted octanol–water partition coefficient (Wildman–Crippen LogP) is 3.17. The monoisotopic (exact) mass is 233 g/mol. The van der Waals surface area contributed by atoms with Crippen LogP contribution >= 0.6 is 11.8 Å². The number of aryl methyl sites for hydroxylation is 1. The van der Waals surface area contributed by atoms with Gasteiger partial charge in [0.05, 0.1) is 5.25 Å². The third-order valence-electron chi connectivity index (χ3n) is 2.82. The Kier molecular flexibility index (Phi) is 3.06. The number of nitrogens with zero attached hydrogens (tertiary/aromatic N) is 1. The molecule has 0 saturated carbocycles. The second kappa shape index (κ2) is 4.34. The highest BCUT2D eigenvalue weighted by Gasteiger charge is 2.19. The number of thioether (sulfide) groups is 1. The SMILES string of the molecule is CSC(C(C)=O)c1cn(C)c2ccccc12. The van der Waals surface area contributed by atoms with E-state index in [1.807, 2.05) is 25.4 Å². The molecule has 2 aromatic rings. The topological polar surface area (TPSA) is 22.0 Å². The number of para-hydroxylation sites is 1. The molecule has 0 spiro atoms. The summed E-state index contributed by atoms with van der Waals surface area (Å²) in [7, 11) is 2.02. The van der Waals surface area contributed by atoms with Crippen LogP contribution in [0.25, 0.3) is 10.9 Å². The fourth-order valence-electron chi connectivity index (χ4n) is 2.09. The van der Waals surface area contributed by atoms with E-state index in [0.717, 1.165) is 5.56 Å². The Balaban J connectivity index is 2.64. The Morgan fingerprint density at radius 1 is 1.38 bits per heavy atom. The van der Waals surface area contributed by atoms with Crippen LogP contribution in [0.5, 0.6) is 0 Å². The standard InChI is InChI=1S/C13H15NOS/c1-9(15)13(16-3)11-8-14(2)12-7-5-4-6-10(11)12/h4-8,13H,1-3H3. The van der Waals surface area contributed by atoms with Crippen LogP contribution in [0.4, 0.5) is 0 Å². The number of rotatable bonds is 3. The van der Waals surface area contributed by atoms with Crippen LogP contribution in [-0.4, -0.2) is 16.6 Å². The van der Waals surface area contributed by atoms with E-state index in [1.54, 1.807) is 18.7 Å². The zero-order valence-electron chi connectivity index (χ0n) is 9.73. The minimum atomic E-state index is -0.0499. The zero-order valence-corrected chi connectivity index (χ0v) is 10.5. The molecule has 1 heterocycles. The van der Waals surface area contributed by atoms with Gasteiger partial charge in [0.25, 0.3) is 0 Å². The van der Waals surface area contributed by atoms with E-state index >= 15 is 0 Å². The molecule has 3 heteroatoms. The maximum atomic E-state index is 11.6. The number of carbonyl (C=O) groups excluding carboxylic acids is 1. The maximum Gasteiger partial charge on any atom is 0.147 e. The summed E-state index contributed by atoms with van der Waals surface area (Å²) in [6.07, 6.45) is 4.04. The number of Topliss-reactive ketones (excluding diaryl/α,β-unsaturated/α-hetero) is 1. The highest BCUT2D eigenvalue weighted by atomic mass is 32.2. The lowest BCUT2D eigenvalue weighted by molar-refractivity contribution is -0.116. The molecule has 16 heavy (non-hydrogen) atoms. The molecule has 0 radical (unpaired) electrons. The average molecular weight is 233 g/mol. The number of aromatic nitrogens is 1. The molecular formula is C13H15NOS. The molecule has 0 aliphatic heterocycles. The first-order chi connectivity index (χ1) is 7.65. The maximum absolute atomic E-state index is 11.6. The van der Waals surface area contributed by atoms with E-state index in [4.69, 9.17) is 0 Å². The summed E-state index contributed by atoms with van der Waals surface area (Å²) < 4.78 is 2.08. The third-order valence-corrected chi connectivity index (χ3v) is 3.87. The summed E-state index contributed by atoms with van der Waals surface area (Å²) in [6.45, 7) is 1.66. The van der Waals surface area contributed by atoms with Gasteiger partial charge >= 0.3 is 0 Å². The van der Waals surface area contributed by atoms with Crippen molar-refractivity contribution in [2.24, 2.45) is 7.05 Å². The van der Waals surface area contributed by atoms with E-state index in [9.17, 15) is 4.79 Å². The van der Waals surface area contributed by atoms with Gasteiger partial charge in [-0.15, -0.1) is 11.8 Å². The van der Waals surface area contributed by atoms with E-state index in [0.29, 0.717) is 0 Å². The molecule has 1 aromatic carbocycles. The fraction of sp³-hybridized carbons (Fsp3) is 0.308. The summed E-state index contributed by atoms with van der Waals surface area (Å²) in [5, 5.41) is 1.13. The van der Waals surface area contributed by atoms with Crippen molar-refractivity contribution in [1.29, 1.82) is 0 Å². The van der Waals surface area contributed by atoms with Crippen LogP contribution in [-0.2, 0) is 11.8 Å². The van der Waals surface area contributed by atoms with Crippen molar-refractivity contribution in [3.8, 4) is 0 Å². The molecule has 0 aliphatic rings. The molecule has 0 aliphatic carbocycles. The van der Waals surface area contributed by atoms with Gasteiger partial charge in [0.2, 0.25) is 0 Å².